The molecule has 0 bridgehead atoms. The largest absolute Gasteiger partial charge is 0.346 e. The fourth-order valence-electron chi connectivity index (χ4n) is 3.34. The Hall–Kier alpha value is -0.940. The summed E-state index contributed by atoms with van der Waals surface area (Å²) in [6, 6.07) is 0.0740. The van der Waals surface area contributed by atoms with Crippen molar-refractivity contribution >= 4 is 34.4 Å². The third kappa shape index (κ3) is 5.78. The molecular formula is C15H30ClN5O4S. The third-order valence-corrected chi connectivity index (χ3v) is 7.04. The number of nitrogens with one attached hydrogen (secondary N) is 1. The van der Waals surface area contributed by atoms with Crippen molar-refractivity contribution < 1.29 is 18.0 Å². The van der Waals surface area contributed by atoms with Crippen LogP contribution in [0.1, 0.15) is 32.1 Å². The van der Waals surface area contributed by atoms with E-state index in [1.807, 2.05) is 0 Å². The fraction of sp³-hybridized carbons (Fsp3) is 0.867. The quantitative estimate of drug-likeness (QED) is 0.589. The molecule has 152 valence electrons. The number of halogens is 1. The van der Waals surface area contributed by atoms with E-state index in [1.165, 1.54) is 15.0 Å². The van der Waals surface area contributed by atoms with E-state index < -0.39 is 10.2 Å². The third-order valence-electron chi connectivity index (χ3n) is 4.99. The van der Waals surface area contributed by atoms with Crippen LogP contribution >= 0.6 is 12.4 Å². The monoisotopic (exact) mass is 411 g/mol. The molecule has 11 heteroatoms. The molecule has 0 unspecified atom stereocenters. The molecule has 2 fully saturated rings. The van der Waals surface area contributed by atoms with E-state index >= 15 is 0 Å². The Labute approximate surface area is 161 Å². The molecular weight excluding hydrogens is 382 g/mol. The summed E-state index contributed by atoms with van der Waals surface area (Å²) in [6.07, 6.45) is 5.14. The molecule has 0 aromatic carbocycles. The first kappa shape index (κ1) is 23.1. The number of hydrogen-bond donors (Lipinski definition) is 2. The van der Waals surface area contributed by atoms with Crippen LogP contribution in [0.2, 0.25) is 0 Å². The van der Waals surface area contributed by atoms with E-state index in [0.717, 1.165) is 25.7 Å². The van der Waals surface area contributed by atoms with Crippen molar-refractivity contribution in [1.82, 2.24) is 18.8 Å². The standard InChI is InChI=1S/C15H29N5O4S.ClH/c1-18(13-5-3-2-4-6-13)25(23,24)20-9-7-19(8-10-20)15(22)12-17-14(21)11-16;/h13H,2-12,16H2,1H3,(H,17,21);1H. The summed E-state index contributed by atoms with van der Waals surface area (Å²) in [6.45, 7) is 0.938. The molecule has 0 spiro atoms. The highest BCUT2D eigenvalue weighted by Crippen LogP contribution is 2.25. The van der Waals surface area contributed by atoms with Gasteiger partial charge in [0, 0.05) is 39.3 Å². The molecule has 0 atom stereocenters. The maximum Gasteiger partial charge on any atom is 0.282 e. The summed E-state index contributed by atoms with van der Waals surface area (Å²) in [4.78, 5) is 24.7. The summed E-state index contributed by atoms with van der Waals surface area (Å²) in [7, 11) is -1.84. The van der Waals surface area contributed by atoms with Gasteiger partial charge in [0.15, 0.2) is 0 Å². The Balaban J connectivity index is 0.00000338. The van der Waals surface area contributed by atoms with Crippen LogP contribution in [0.4, 0.5) is 0 Å². The van der Waals surface area contributed by atoms with Crippen LogP contribution in [-0.2, 0) is 19.8 Å². The van der Waals surface area contributed by atoms with Gasteiger partial charge in [-0.1, -0.05) is 19.3 Å². The first-order chi connectivity index (χ1) is 11.9. The number of rotatable bonds is 6. The lowest BCUT2D eigenvalue weighted by atomic mass is 9.96. The van der Waals surface area contributed by atoms with Crippen molar-refractivity contribution in [2.75, 3.05) is 46.3 Å². The molecule has 2 amide bonds. The lowest BCUT2D eigenvalue weighted by molar-refractivity contribution is -0.133. The van der Waals surface area contributed by atoms with Gasteiger partial charge in [0.2, 0.25) is 11.8 Å². The topological polar surface area (TPSA) is 116 Å². The van der Waals surface area contributed by atoms with E-state index in [9.17, 15) is 18.0 Å². The lowest BCUT2D eigenvalue weighted by Gasteiger charge is -2.38. The highest BCUT2D eigenvalue weighted by Gasteiger charge is 2.35. The Morgan fingerprint density at radius 3 is 2.23 bits per heavy atom. The maximum atomic E-state index is 12.8. The number of carbonyl (C=O) groups is 2. The number of nitrogens with zero attached hydrogens (tertiary/aromatic N) is 3. The Morgan fingerprint density at radius 1 is 1.12 bits per heavy atom. The highest BCUT2D eigenvalue weighted by atomic mass is 35.5. The number of piperazine rings is 1. The van der Waals surface area contributed by atoms with E-state index in [2.05, 4.69) is 5.32 Å². The molecule has 26 heavy (non-hydrogen) atoms. The predicted octanol–water partition coefficient (Wildman–Crippen LogP) is -0.863. The van der Waals surface area contributed by atoms with Gasteiger partial charge in [-0.2, -0.15) is 17.0 Å². The van der Waals surface area contributed by atoms with E-state index in [1.54, 1.807) is 11.9 Å². The summed E-state index contributed by atoms with van der Waals surface area (Å²) < 4.78 is 28.5. The second-order valence-corrected chi connectivity index (χ2v) is 8.56. The van der Waals surface area contributed by atoms with Crippen LogP contribution in [0, 0.1) is 0 Å². The number of nitrogens with two attached hydrogens (primary N) is 1. The normalized spacial score (nSPS) is 19.9. The van der Waals surface area contributed by atoms with Gasteiger partial charge >= 0.3 is 0 Å². The van der Waals surface area contributed by atoms with Gasteiger partial charge in [-0.25, -0.2) is 0 Å². The van der Waals surface area contributed by atoms with E-state index in [-0.39, 0.29) is 56.4 Å². The van der Waals surface area contributed by atoms with Crippen molar-refractivity contribution in [3.8, 4) is 0 Å². The summed E-state index contributed by atoms with van der Waals surface area (Å²) >= 11 is 0. The molecule has 1 saturated carbocycles. The van der Waals surface area contributed by atoms with Crippen LogP contribution in [0.5, 0.6) is 0 Å². The van der Waals surface area contributed by atoms with Crippen molar-refractivity contribution in [3.05, 3.63) is 0 Å². The van der Waals surface area contributed by atoms with Crippen molar-refractivity contribution in [3.63, 3.8) is 0 Å². The van der Waals surface area contributed by atoms with Crippen LogP contribution in [0.25, 0.3) is 0 Å². The summed E-state index contributed by atoms with van der Waals surface area (Å²) in [5.41, 5.74) is 5.18. The van der Waals surface area contributed by atoms with Crippen LogP contribution < -0.4 is 11.1 Å². The minimum absolute atomic E-state index is 0. The van der Waals surface area contributed by atoms with Crippen molar-refractivity contribution in [1.29, 1.82) is 0 Å². The maximum absolute atomic E-state index is 12.8. The van der Waals surface area contributed by atoms with Gasteiger partial charge in [0.1, 0.15) is 0 Å². The number of amides is 2. The second-order valence-electron chi connectivity index (χ2n) is 6.58. The minimum atomic E-state index is -3.50. The zero-order chi connectivity index (χ0) is 18.4. The van der Waals surface area contributed by atoms with Gasteiger partial charge in [-0.05, 0) is 12.8 Å². The van der Waals surface area contributed by atoms with Gasteiger partial charge in [-0.15, -0.1) is 12.4 Å². The molecule has 2 rings (SSSR count). The first-order valence-electron chi connectivity index (χ1n) is 8.84. The second kappa shape index (κ2) is 10.4. The average molecular weight is 412 g/mol. The Morgan fingerprint density at radius 2 is 1.69 bits per heavy atom. The number of carbonyl (C=O) groups excluding carboxylic acids is 2. The first-order valence-corrected chi connectivity index (χ1v) is 10.2. The minimum Gasteiger partial charge on any atom is -0.346 e. The molecule has 1 saturated heterocycles. The van der Waals surface area contributed by atoms with Gasteiger partial charge in [0.05, 0.1) is 13.1 Å². The zero-order valence-electron chi connectivity index (χ0n) is 15.2. The average Bonchev–Trinajstić information content (AvgIpc) is 2.65. The molecule has 0 aromatic rings. The Kier molecular flexibility index (Phi) is 9.25. The van der Waals surface area contributed by atoms with E-state index in [4.69, 9.17) is 5.73 Å². The van der Waals surface area contributed by atoms with E-state index in [0.29, 0.717) is 13.1 Å². The molecule has 1 heterocycles. The molecule has 1 aliphatic carbocycles. The molecule has 0 aromatic heterocycles. The summed E-state index contributed by atoms with van der Waals surface area (Å²) in [5.74, 6) is -0.608. The fourth-order valence-corrected chi connectivity index (χ4v) is 4.92. The molecule has 3 N–H and O–H groups in total. The highest BCUT2D eigenvalue weighted by molar-refractivity contribution is 7.86. The van der Waals surface area contributed by atoms with Gasteiger partial charge in [-0.3, -0.25) is 9.59 Å². The number of hydrogen-bond acceptors (Lipinski definition) is 5. The predicted molar refractivity (Wildman–Crippen MR) is 101 cm³/mol. The lowest BCUT2D eigenvalue weighted by Crippen LogP contribution is -2.56. The zero-order valence-corrected chi connectivity index (χ0v) is 16.9. The molecule has 9 nitrogen and oxygen atoms in total. The van der Waals surface area contributed by atoms with Gasteiger partial charge < -0.3 is 16.0 Å². The van der Waals surface area contributed by atoms with Crippen LogP contribution in [0.15, 0.2) is 0 Å². The van der Waals surface area contributed by atoms with Crippen LogP contribution in [0.3, 0.4) is 0 Å². The SMILES string of the molecule is CN(C1CCCCC1)S(=O)(=O)N1CCN(C(=O)CNC(=O)CN)CC1.Cl. The molecule has 0 radical (unpaired) electrons. The summed E-state index contributed by atoms with van der Waals surface area (Å²) in [5, 5.41) is 2.44. The molecule has 2 aliphatic rings. The molecule has 1 aliphatic heterocycles. The Bertz CT molecular complexity index is 575. The van der Waals surface area contributed by atoms with Crippen molar-refractivity contribution in [2.24, 2.45) is 5.73 Å². The van der Waals surface area contributed by atoms with Gasteiger partial charge in [0.25, 0.3) is 10.2 Å². The van der Waals surface area contributed by atoms with Crippen molar-refractivity contribution in [2.45, 2.75) is 38.1 Å². The smallest absolute Gasteiger partial charge is 0.282 e. The van der Waals surface area contributed by atoms with Crippen LogP contribution in [-0.4, -0.2) is 86.1 Å².